The first-order valence-corrected chi connectivity index (χ1v) is 7.06. The van der Waals surface area contributed by atoms with E-state index in [4.69, 9.17) is 4.74 Å². The maximum absolute atomic E-state index is 12.2. The number of anilines is 1. The van der Waals surface area contributed by atoms with Crippen LogP contribution in [0.2, 0.25) is 0 Å². The lowest BCUT2D eigenvalue weighted by Gasteiger charge is -2.12. The Hall–Kier alpha value is -1.40. The molecule has 0 saturated carbocycles. The largest absolute Gasteiger partial charge is 0.465 e. The summed E-state index contributed by atoms with van der Waals surface area (Å²) in [5.41, 5.74) is 1.49. The molecule has 1 aromatic heterocycles. The predicted molar refractivity (Wildman–Crippen MR) is 74.6 cm³/mol. The van der Waals surface area contributed by atoms with Crippen LogP contribution in [0.3, 0.4) is 0 Å². The highest BCUT2D eigenvalue weighted by molar-refractivity contribution is 7.12. The molecule has 2 heterocycles. The summed E-state index contributed by atoms with van der Waals surface area (Å²) < 4.78 is 4.73. The van der Waals surface area contributed by atoms with E-state index >= 15 is 0 Å². The van der Waals surface area contributed by atoms with Crippen LogP contribution in [-0.4, -0.2) is 44.0 Å². The van der Waals surface area contributed by atoms with Gasteiger partial charge in [0.05, 0.1) is 18.7 Å². The molecule has 1 aromatic rings. The van der Waals surface area contributed by atoms with Gasteiger partial charge in [-0.25, -0.2) is 4.79 Å². The third-order valence-electron chi connectivity index (χ3n) is 3.36. The number of thiophene rings is 1. The van der Waals surface area contributed by atoms with Gasteiger partial charge in [-0.2, -0.15) is 0 Å². The van der Waals surface area contributed by atoms with Gasteiger partial charge in [-0.1, -0.05) is 0 Å². The summed E-state index contributed by atoms with van der Waals surface area (Å²) in [5.74, 6) is -0.428. The van der Waals surface area contributed by atoms with Crippen LogP contribution in [-0.2, 0) is 9.53 Å². The Kier molecular flexibility index (Phi) is 4.21. The van der Waals surface area contributed by atoms with E-state index in [1.165, 1.54) is 18.4 Å². The van der Waals surface area contributed by atoms with Gasteiger partial charge in [0.1, 0.15) is 4.88 Å². The Bertz CT molecular complexity index is 498. The molecule has 1 aliphatic heterocycles. The van der Waals surface area contributed by atoms with Crippen molar-refractivity contribution in [2.45, 2.75) is 13.3 Å². The molecule has 19 heavy (non-hydrogen) atoms. The minimum absolute atomic E-state index is 0.00482. The molecule has 1 unspecified atom stereocenters. The number of ether oxygens (including phenoxy) is 1. The zero-order valence-electron chi connectivity index (χ0n) is 11.4. The summed E-state index contributed by atoms with van der Waals surface area (Å²) in [4.78, 5) is 26.4. The number of nitrogens with zero attached hydrogens (tertiary/aromatic N) is 1. The van der Waals surface area contributed by atoms with Gasteiger partial charge in [-0.3, -0.25) is 4.79 Å². The molecular weight excluding hydrogens is 264 g/mol. The highest BCUT2D eigenvalue weighted by atomic mass is 32.1. The van der Waals surface area contributed by atoms with Crippen molar-refractivity contribution >= 4 is 28.9 Å². The van der Waals surface area contributed by atoms with E-state index in [0.29, 0.717) is 10.6 Å². The van der Waals surface area contributed by atoms with Gasteiger partial charge in [-0.05, 0) is 37.9 Å². The smallest absolute Gasteiger partial charge is 0.350 e. The highest BCUT2D eigenvalue weighted by Crippen LogP contribution is 2.29. The number of hydrogen-bond acceptors (Lipinski definition) is 5. The van der Waals surface area contributed by atoms with Gasteiger partial charge in [0.25, 0.3) is 0 Å². The number of carbonyl (C=O) groups excluding carboxylic acids is 2. The Morgan fingerprint density at radius 1 is 1.53 bits per heavy atom. The molecule has 104 valence electrons. The SMILES string of the molecule is COC(=O)c1scc(C)c1NC(=O)C1CCN(C)C1. The van der Waals surface area contributed by atoms with E-state index < -0.39 is 5.97 Å². The standard InChI is InChI=1S/C13H18N2O3S/c1-8-7-19-11(13(17)18-3)10(8)14-12(16)9-4-5-15(2)6-9/h7,9H,4-6H2,1-3H3,(H,14,16). The van der Waals surface area contributed by atoms with E-state index in [9.17, 15) is 9.59 Å². The third kappa shape index (κ3) is 2.96. The van der Waals surface area contributed by atoms with Gasteiger partial charge < -0.3 is 15.0 Å². The van der Waals surface area contributed by atoms with Crippen molar-refractivity contribution in [3.8, 4) is 0 Å². The zero-order chi connectivity index (χ0) is 14.0. The van der Waals surface area contributed by atoms with Crippen molar-refractivity contribution in [1.29, 1.82) is 0 Å². The van der Waals surface area contributed by atoms with Crippen molar-refractivity contribution < 1.29 is 14.3 Å². The van der Waals surface area contributed by atoms with Gasteiger partial charge in [0.2, 0.25) is 5.91 Å². The van der Waals surface area contributed by atoms with Gasteiger partial charge in [0, 0.05) is 6.54 Å². The van der Waals surface area contributed by atoms with E-state index in [0.717, 1.165) is 25.1 Å². The fourth-order valence-electron chi connectivity index (χ4n) is 2.22. The average molecular weight is 282 g/mol. The lowest BCUT2D eigenvalue weighted by Crippen LogP contribution is -2.26. The quantitative estimate of drug-likeness (QED) is 0.858. The number of rotatable bonds is 3. The monoisotopic (exact) mass is 282 g/mol. The molecule has 1 aliphatic rings. The topological polar surface area (TPSA) is 58.6 Å². The molecular formula is C13H18N2O3S. The molecule has 1 fully saturated rings. The van der Waals surface area contributed by atoms with Gasteiger partial charge in [-0.15, -0.1) is 11.3 Å². The van der Waals surface area contributed by atoms with Crippen molar-refractivity contribution in [2.24, 2.45) is 5.92 Å². The molecule has 1 atom stereocenters. The maximum Gasteiger partial charge on any atom is 0.350 e. The van der Waals surface area contributed by atoms with Crippen molar-refractivity contribution in [3.63, 3.8) is 0 Å². The fourth-order valence-corrected chi connectivity index (χ4v) is 3.14. The zero-order valence-corrected chi connectivity index (χ0v) is 12.2. The van der Waals surface area contributed by atoms with Crippen LogP contribution in [0.15, 0.2) is 5.38 Å². The Morgan fingerprint density at radius 3 is 2.84 bits per heavy atom. The van der Waals surface area contributed by atoms with Crippen LogP contribution in [0.5, 0.6) is 0 Å². The second kappa shape index (κ2) is 5.71. The second-order valence-electron chi connectivity index (χ2n) is 4.85. The molecule has 1 saturated heterocycles. The molecule has 0 bridgehead atoms. The molecule has 5 nitrogen and oxygen atoms in total. The van der Waals surface area contributed by atoms with Crippen LogP contribution < -0.4 is 5.32 Å². The number of methoxy groups -OCH3 is 1. The Labute approximate surface area is 116 Å². The van der Waals surface area contributed by atoms with Crippen LogP contribution in [0.25, 0.3) is 0 Å². The molecule has 1 amide bonds. The van der Waals surface area contributed by atoms with Crippen LogP contribution in [0.1, 0.15) is 21.7 Å². The number of hydrogen-bond donors (Lipinski definition) is 1. The van der Waals surface area contributed by atoms with E-state index in [2.05, 4.69) is 10.2 Å². The first-order chi connectivity index (χ1) is 9.02. The summed E-state index contributed by atoms with van der Waals surface area (Å²) in [7, 11) is 3.35. The molecule has 1 N–H and O–H groups in total. The minimum atomic E-state index is -0.406. The summed E-state index contributed by atoms with van der Waals surface area (Å²) in [6.45, 7) is 3.58. The second-order valence-corrected chi connectivity index (χ2v) is 5.73. The van der Waals surface area contributed by atoms with E-state index in [1.54, 1.807) is 0 Å². The number of esters is 1. The fraction of sp³-hybridized carbons (Fsp3) is 0.538. The number of aryl methyl sites for hydroxylation is 1. The minimum Gasteiger partial charge on any atom is -0.465 e. The summed E-state index contributed by atoms with van der Waals surface area (Å²) in [6, 6.07) is 0. The first-order valence-electron chi connectivity index (χ1n) is 6.18. The van der Waals surface area contributed by atoms with Crippen LogP contribution in [0.4, 0.5) is 5.69 Å². The van der Waals surface area contributed by atoms with Crippen molar-refractivity contribution in [2.75, 3.05) is 32.6 Å². The number of carbonyl (C=O) groups is 2. The Balaban J connectivity index is 2.12. The summed E-state index contributed by atoms with van der Waals surface area (Å²) >= 11 is 1.29. The van der Waals surface area contributed by atoms with Gasteiger partial charge >= 0.3 is 5.97 Å². The van der Waals surface area contributed by atoms with Crippen LogP contribution in [0, 0.1) is 12.8 Å². The first kappa shape index (κ1) is 14.0. The molecule has 0 aromatic carbocycles. The average Bonchev–Trinajstić information content (AvgIpc) is 2.96. The lowest BCUT2D eigenvalue weighted by molar-refractivity contribution is -0.119. The number of amides is 1. The van der Waals surface area contributed by atoms with E-state index in [-0.39, 0.29) is 11.8 Å². The molecule has 6 heteroatoms. The van der Waals surface area contributed by atoms with Crippen molar-refractivity contribution in [3.05, 3.63) is 15.8 Å². The molecule has 2 rings (SSSR count). The van der Waals surface area contributed by atoms with Crippen LogP contribution >= 0.6 is 11.3 Å². The highest BCUT2D eigenvalue weighted by Gasteiger charge is 2.28. The lowest BCUT2D eigenvalue weighted by atomic mass is 10.1. The molecule has 0 spiro atoms. The van der Waals surface area contributed by atoms with Crippen molar-refractivity contribution in [1.82, 2.24) is 4.90 Å². The summed E-state index contributed by atoms with van der Waals surface area (Å²) in [5, 5.41) is 4.73. The molecule has 0 radical (unpaired) electrons. The van der Waals surface area contributed by atoms with Gasteiger partial charge in [0.15, 0.2) is 0 Å². The number of likely N-dealkylation sites (tertiary alicyclic amines) is 1. The predicted octanol–water partition coefficient (Wildman–Crippen LogP) is 1.73. The summed E-state index contributed by atoms with van der Waals surface area (Å²) in [6.07, 6.45) is 0.860. The Morgan fingerprint density at radius 2 is 2.26 bits per heavy atom. The molecule has 0 aliphatic carbocycles. The normalized spacial score (nSPS) is 19.4. The van der Waals surface area contributed by atoms with E-state index in [1.807, 2.05) is 19.4 Å². The number of nitrogens with one attached hydrogen (secondary N) is 1. The third-order valence-corrected chi connectivity index (χ3v) is 4.43. The maximum atomic E-state index is 12.2.